The number of rotatable bonds is 5. The van der Waals surface area contributed by atoms with Crippen LogP contribution in [-0.2, 0) is 6.54 Å². The first-order valence-corrected chi connectivity index (χ1v) is 7.58. The maximum atomic E-state index is 11.5. The minimum Gasteiger partial charge on any atom is -0.361 e. The van der Waals surface area contributed by atoms with Gasteiger partial charge in [-0.25, -0.2) is 4.98 Å². The number of Topliss-reactive ketones (excluding diaryl/α,β-unsaturated/α-hetero) is 1. The van der Waals surface area contributed by atoms with E-state index in [4.69, 9.17) is 0 Å². The number of nitro benzene ring substituents is 1. The van der Waals surface area contributed by atoms with Crippen LogP contribution in [0.4, 0.5) is 11.4 Å². The van der Waals surface area contributed by atoms with Gasteiger partial charge in [-0.1, -0.05) is 0 Å². The van der Waals surface area contributed by atoms with E-state index in [-0.39, 0.29) is 17.5 Å². The van der Waals surface area contributed by atoms with E-state index in [1.165, 1.54) is 13.0 Å². The minimum absolute atomic E-state index is 0.00442. The number of imidazole rings is 1. The molecule has 1 atom stereocenters. The standard InChI is InChI=1S/C16H18N4O3/c1-12(21)13-4-5-15(16(9-13)20(22)23)19-7-2-3-14(19)10-18-8-6-17-11-18/h4-6,8-9,11,14H,2-3,7,10H2,1H3. The minimum atomic E-state index is -0.408. The number of nitrogens with zero attached hydrogens (tertiary/aromatic N) is 4. The SMILES string of the molecule is CC(=O)c1ccc(N2CCCC2Cn2ccnc2)c([N+](=O)[O-])c1. The van der Waals surface area contributed by atoms with Crippen LogP contribution in [0.3, 0.4) is 0 Å². The molecule has 1 unspecified atom stereocenters. The first-order valence-electron chi connectivity index (χ1n) is 7.58. The third-order valence-corrected chi connectivity index (χ3v) is 4.25. The van der Waals surface area contributed by atoms with E-state index in [1.54, 1.807) is 24.7 Å². The van der Waals surface area contributed by atoms with Crippen LogP contribution in [0.5, 0.6) is 0 Å². The van der Waals surface area contributed by atoms with Crippen molar-refractivity contribution in [1.82, 2.24) is 9.55 Å². The number of benzene rings is 1. The Morgan fingerprint density at radius 1 is 1.48 bits per heavy atom. The summed E-state index contributed by atoms with van der Waals surface area (Å²) in [5.41, 5.74) is 0.948. The second kappa shape index (κ2) is 6.20. The predicted molar refractivity (Wildman–Crippen MR) is 85.7 cm³/mol. The average Bonchev–Trinajstić information content (AvgIpc) is 3.18. The summed E-state index contributed by atoms with van der Waals surface area (Å²) in [6.07, 6.45) is 7.34. The van der Waals surface area contributed by atoms with Crippen molar-refractivity contribution in [3.63, 3.8) is 0 Å². The Kier molecular flexibility index (Phi) is 4.10. The molecule has 0 radical (unpaired) electrons. The Balaban J connectivity index is 1.92. The fourth-order valence-electron chi connectivity index (χ4n) is 3.11. The molecule has 1 aliphatic heterocycles. The van der Waals surface area contributed by atoms with E-state index in [9.17, 15) is 14.9 Å². The Labute approximate surface area is 133 Å². The number of aromatic nitrogens is 2. The summed E-state index contributed by atoms with van der Waals surface area (Å²) >= 11 is 0. The molecule has 0 N–H and O–H groups in total. The number of hydrogen-bond acceptors (Lipinski definition) is 5. The zero-order valence-electron chi connectivity index (χ0n) is 12.9. The zero-order chi connectivity index (χ0) is 16.4. The van der Waals surface area contributed by atoms with Gasteiger partial charge < -0.3 is 9.47 Å². The molecule has 120 valence electrons. The van der Waals surface area contributed by atoms with Crippen LogP contribution in [0.2, 0.25) is 0 Å². The lowest BCUT2D eigenvalue weighted by Crippen LogP contribution is -2.33. The van der Waals surface area contributed by atoms with Crippen molar-refractivity contribution in [3.05, 3.63) is 52.6 Å². The van der Waals surface area contributed by atoms with Crippen molar-refractivity contribution in [2.24, 2.45) is 0 Å². The number of hydrogen-bond donors (Lipinski definition) is 0. The third kappa shape index (κ3) is 3.08. The fourth-order valence-corrected chi connectivity index (χ4v) is 3.11. The molecule has 0 spiro atoms. The fraction of sp³-hybridized carbons (Fsp3) is 0.375. The van der Waals surface area contributed by atoms with Gasteiger partial charge in [-0.3, -0.25) is 14.9 Å². The molecule has 1 aliphatic rings. The van der Waals surface area contributed by atoms with Gasteiger partial charge in [-0.2, -0.15) is 0 Å². The van der Waals surface area contributed by atoms with Gasteiger partial charge >= 0.3 is 0 Å². The van der Waals surface area contributed by atoms with E-state index in [1.807, 2.05) is 10.8 Å². The summed E-state index contributed by atoms with van der Waals surface area (Å²) in [5, 5.41) is 11.4. The smallest absolute Gasteiger partial charge is 0.293 e. The zero-order valence-corrected chi connectivity index (χ0v) is 12.9. The van der Waals surface area contributed by atoms with Crippen LogP contribution in [-0.4, -0.2) is 32.8 Å². The molecule has 1 aromatic heterocycles. The van der Waals surface area contributed by atoms with E-state index >= 15 is 0 Å². The molecule has 1 aromatic carbocycles. The molecule has 0 bridgehead atoms. The van der Waals surface area contributed by atoms with Crippen LogP contribution in [0.25, 0.3) is 0 Å². The summed E-state index contributed by atoms with van der Waals surface area (Å²) in [4.78, 5) is 28.6. The third-order valence-electron chi connectivity index (χ3n) is 4.25. The maximum absolute atomic E-state index is 11.5. The van der Waals surface area contributed by atoms with Crippen molar-refractivity contribution in [2.45, 2.75) is 32.4 Å². The van der Waals surface area contributed by atoms with Crippen molar-refractivity contribution in [1.29, 1.82) is 0 Å². The summed E-state index contributed by atoms with van der Waals surface area (Å²) < 4.78 is 1.98. The lowest BCUT2D eigenvalue weighted by atomic mass is 10.1. The molecule has 2 aromatic rings. The largest absolute Gasteiger partial charge is 0.361 e. The van der Waals surface area contributed by atoms with Crippen molar-refractivity contribution >= 4 is 17.2 Å². The molecular weight excluding hydrogens is 296 g/mol. The first kappa shape index (κ1) is 15.2. The Hall–Kier alpha value is -2.70. The summed E-state index contributed by atoms with van der Waals surface area (Å²) in [6, 6.07) is 4.92. The Morgan fingerprint density at radius 3 is 2.96 bits per heavy atom. The van der Waals surface area contributed by atoms with Crippen LogP contribution in [0.15, 0.2) is 36.9 Å². The quantitative estimate of drug-likeness (QED) is 0.481. The van der Waals surface area contributed by atoms with Crippen LogP contribution >= 0.6 is 0 Å². The Morgan fingerprint density at radius 2 is 2.30 bits per heavy atom. The highest BCUT2D eigenvalue weighted by molar-refractivity contribution is 5.95. The van der Waals surface area contributed by atoms with Gasteiger partial charge in [0, 0.05) is 43.2 Å². The van der Waals surface area contributed by atoms with Crippen LogP contribution in [0.1, 0.15) is 30.1 Å². The molecule has 23 heavy (non-hydrogen) atoms. The molecule has 0 amide bonds. The number of carbonyl (C=O) groups is 1. The lowest BCUT2D eigenvalue weighted by molar-refractivity contribution is -0.384. The number of carbonyl (C=O) groups excluding carboxylic acids is 1. The predicted octanol–water partition coefficient (Wildman–Crippen LogP) is 2.66. The topological polar surface area (TPSA) is 81.3 Å². The molecule has 2 heterocycles. The van der Waals surface area contributed by atoms with Gasteiger partial charge in [0.25, 0.3) is 5.69 Å². The molecule has 0 aliphatic carbocycles. The molecule has 1 fully saturated rings. The van der Waals surface area contributed by atoms with Crippen molar-refractivity contribution < 1.29 is 9.72 Å². The first-order chi connectivity index (χ1) is 11.1. The van der Waals surface area contributed by atoms with E-state index < -0.39 is 4.92 Å². The average molecular weight is 314 g/mol. The van der Waals surface area contributed by atoms with E-state index in [0.717, 1.165) is 25.9 Å². The van der Waals surface area contributed by atoms with Crippen molar-refractivity contribution in [3.8, 4) is 0 Å². The molecule has 7 heteroatoms. The van der Waals surface area contributed by atoms with Gasteiger partial charge in [0.05, 0.1) is 11.3 Å². The monoisotopic (exact) mass is 314 g/mol. The Bertz CT molecular complexity index is 727. The highest BCUT2D eigenvalue weighted by Crippen LogP contribution is 2.34. The van der Waals surface area contributed by atoms with Crippen LogP contribution < -0.4 is 4.90 Å². The highest BCUT2D eigenvalue weighted by Gasteiger charge is 2.30. The van der Waals surface area contributed by atoms with Gasteiger partial charge in [-0.05, 0) is 31.9 Å². The highest BCUT2D eigenvalue weighted by atomic mass is 16.6. The summed E-state index contributed by atoms with van der Waals surface area (Å²) in [7, 11) is 0. The molecule has 3 rings (SSSR count). The maximum Gasteiger partial charge on any atom is 0.293 e. The van der Waals surface area contributed by atoms with E-state index in [0.29, 0.717) is 11.3 Å². The van der Waals surface area contributed by atoms with Gasteiger partial charge in [0.15, 0.2) is 5.78 Å². The second-order valence-corrected chi connectivity index (χ2v) is 5.77. The molecular formula is C16H18N4O3. The number of nitro groups is 1. The van der Waals surface area contributed by atoms with E-state index in [2.05, 4.69) is 9.88 Å². The lowest BCUT2D eigenvalue weighted by Gasteiger charge is -2.27. The van der Waals surface area contributed by atoms with Gasteiger partial charge in [0.1, 0.15) is 5.69 Å². The van der Waals surface area contributed by atoms with Crippen LogP contribution in [0, 0.1) is 10.1 Å². The van der Waals surface area contributed by atoms with Gasteiger partial charge in [-0.15, -0.1) is 0 Å². The number of anilines is 1. The summed E-state index contributed by atoms with van der Waals surface area (Å²) in [5.74, 6) is -0.170. The normalized spacial score (nSPS) is 17.4. The van der Waals surface area contributed by atoms with Gasteiger partial charge in [0.2, 0.25) is 0 Å². The summed E-state index contributed by atoms with van der Waals surface area (Å²) in [6.45, 7) is 2.93. The molecule has 7 nitrogen and oxygen atoms in total. The molecule has 1 saturated heterocycles. The molecule has 0 saturated carbocycles. The number of ketones is 1. The second-order valence-electron chi connectivity index (χ2n) is 5.77. The van der Waals surface area contributed by atoms with Crippen molar-refractivity contribution in [2.75, 3.05) is 11.4 Å².